The summed E-state index contributed by atoms with van der Waals surface area (Å²) in [5, 5.41) is 13.9. The van der Waals surface area contributed by atoms with E-state index in [1.807, 2.05) is 6.92 Å². The lowest BCUT2D eigenvalue weighted by molar-refractivity contribution is -0.385. The topological polar surface area (TPSA) is 73.6 Å². The number of alkyl halides is 2. The van der Waals surface area contributed by atoms with Crippen LogP contribution in [0.4, 0.5) is 20.2 Å². The Balaban J connectivity index is 2.65. The number of nitrogens with zero attached hydrogens (tertiary/aromatic N) is 1. The fourth-order valence-corrected chi connectivity index (χ4v) is 1.61. The predicted octanol–water partition coefficient (Wildman–Crippen LogP) is 3.08. The number of halogens is 2. The molecule has 0 aliphatic heterocycles. The van der Waals surface area contributed by atoms with E-state index in [-0.39, 0.29) is 30.3 Å². The molecule has 0 saturated heterocycles. The van der Waals surface area contributed by atoms with E-state index in [1.165, 1.54) is 12.1 Å². The number of benzene rings is 1. The number of nitrogens with one attached hydrogen (secondary N) is 1. The second kappa shape index (κ2) is 9.06. The highest BCUT2D eigenvalue weighted by atomic mass is 19.3. The van der Waals surface area contributed by atoms with Gasteiger partial charge in [0.25, 0.3) is 6.43 Å². The van der Waals surface area contributed by atoms with Crippen molar-refractivity contribution in [3.8, 4) is 5.75 Å². The third-order valence-electron chi connectivity index (χ3n) is 2.45. The van der Waals surface area contributed by atoms with E-state index in [4.69, 9.17) is 9.47 Å². The fourth-order valence-electron chi connectivity index (χ4n) is 1.61. The van der Waals surface area contributed by atoms with Crippen molar-refractivity contribution >= 4 is 11.4 Å². The maximum absolute atomic E-state index is 11.9. The summed E-state index contributed by atoms with van der Waals surface area (Å²) in [5.41, 5.74) is 0.106. The second-order valence-corrected chi connectivity index (χ2v) is 4.15. The van der Waals surface area contributed by atoms with E-state index in [1.54, 1.807) is 6.07 Å². The van der Waals surface area contributed by atoms with E-state index in [9.17, 15) is 18.9 Å². The highest BCUT2D eigenvalue weighted by molar-refractivity contribution is 5.68. The van der Waals surface area contributed by atoms with Crippen LogP contribution in [-0.2, 0) is 4.74 Å². The molecule has 0 amide bonds. The second-order valence-electron chi connectivity index (χ2n) is 4.15. The highest BCUT2D eigenvalue weighted by Gasteiger charge is 2.20. The summed E-state index contributed by atoms with van der Waals surface area (Å²) in [6.45, 7) is 1.84. The minimum absolute atomic E-state index is 0.0293. The minimum Gasteiger partial charge on any atom is -0.487 e. The van der Waals surface area contributed by atoms with Crippen molar-refractivity contribution in [2.45, 2.75) is 19.8 Å². The Bertz CT molecular complexity index is 458. The van der Waals surface area contributed by atoms with Crippen LogP contribution in [0.5, 0.6) is 5.75 Å². The molecule has 6 nitrogen and oxygen atoms in total. The van der Waals surface area contributed by atoms with Crippen molar-refractivity contribution in [1.29, 1.82) is 0 Å². The van der Waals surface area contributed by atoms with E-state index >= 15 is 0 Å². The van der Waals surface area contributed by atoms with Crippen LogP contribution in [0, 0.1) is 10.1 Å². The van der Waals surface area contributed by atoms with Gasteiger partial charge in [0, 0.05) is 6.54 Å². The molecular weight excluding hydrogens is 286 g/mol. The zero-order valence-electron chi connectivity index (χ0n) is 11.7. The lowest BCUT2D eigenvalue weighted by Gasteiger charge is -2.11. The van der Waals surface area contributed by atoms with Crippen LogP contribution >= 0.6 is 0 Å². The Labute approximate surface area is 121 Å². The van der Waals surface area contributed by atoms with Crippen molar-refractivity contribution in [3.63, 3.8) is 0 Å². The van der Waals surface area contributed by atoms with Crippen LogP contribution in [0.25, 0.3) is 0 Å². The van der Waals surface area contributed by atoms with Crippen molar-refractivity contribution < 1.29 is 23.2 Å². The average Bonchev–Trinajstić information content (AvgIpc) is 2.44. The molecule has 118 valence electrons. The van der Waals surface area contributed by atoms with Crippen molar-refractivity contribution in [2.75, 3.05) is 31.7 Å². The monoisotopic (exact) mass is 304 g/mol. The number of hydrogen-bond acceptors (Lipinski definition) is 5. The van der Waals surface area contributed by atoms with E-state index in [2.05, 4.69) is 5.32 Å². The van der Waals surface area contributed by atoms with Crippen molar-refractivity contribution in [2.24, 2.45) is 0 Å². The van der Waals surface area contributed by atoms with Crippen molar-refractivity contribution in [3.05, 3.63) is 28.3 Å². The van der Waals surface area contributed by atoms with Crippen LogP contribution in [0.1, 0.15) is 13.3 Å². The molecule has 8 heteroatoms. The van der Waals surface area contributed by atoms with Crippen LogP contribution in [-0.4, -0.2) is 37.7 Å². The number of nitro groups is 1. The largest absolute Gasteiger partial charge is 0.487 e. The van der Waals surface area contributed by atoms with Gasteiger partial charge in [-0.2, -0.15) is 0 Å². The maximum Gasteiger partial charge on any atom is 0.333 e. The molecule has 21 heavy (non-hydrogen) atoms. The van der Waals surface area contributed by atoms with Gasteiger partial charge in [0.1, 0.15) is 12.3 Å². The van der Waals surface area contributed by atoms with E-state index < -0.39 is 18.0 Å². The Kier molecular flexibility index (Phi) is 7.38. The average molecular weight is 304 g/mol. The first kappa shape index (κ1) is 17.1. The third-order valence-corrected chi connectivity index (χ3v) is 2.45. The first-order chi connectivity index (χ1) is 10.1. The molecule has 0 spiro atoms. The summed E-state index contributed by atoms with van der Waals surface area (Å²) < 4.78 is 33.8. The zero-order valence-corrected chi connectivity index (χ0v) is 11.7. The smallest absolute Gasteiger partial charge is 0.333 e. The number of rotatable bonds is 10. The van der Waals surface area contributed by atoms with Crippen LogP contribution in [0.3, 0.4) is 0 Å². The molecule has 0 aromatic heterocycles. The van der Waals surface area contributed by atoms with E-state index in [0.29, 0.717) is 6.61 Å². The Morgan fingerprint density at radius 2 is 2.14 bits per heavy atom. The highest BCUT2D eigenvalue weighted by Crippen LogP contribution is 2.34. The Hall–Kier alpha value is -1.96. The molecule has 0 aliphatic carbocycles. The van der Waals surface area contributed by atoms with Gasteiger partial charge >= 0.3 is 5.69 Å². The molecule has 0 saturated carbocycles. The standard InChI is InChI=1S/C13H18F2N2O4/c1-2-7-21-11-5-3-4-10(13(11)17(18)19)16-6-8-20-9-12(14)15/h3-5,12,16H,2,6-9H2,1H3. The SMILES string of the molecule is CCCOc1cccc(NCCOCC(F)F)c1[N+](=O)[O-]. The van der Waals surface area contributed by atoms with Gasteiger partial charge in [0.05, 0.1) is 18.1 Å². The number of para-hydroxylation sites is 1. The van der Waals surface area contributed by atoms with Gasteiger partial charge in [0.2, 0.25) is 0 Å². The molecule has 1 N–H and O–H groups in total. The molecule has 0 aliphatic rings. The van der Waals surface area contributed by atoms with Gasteiger partial charge in [-0.3, -0.25) is 10.1 Å². The first-order valence-electron chi connectivity index (χ1n) is 6.56. The third kappa shape index (κ3) is 5.90. The zero-order chi connectivity index (χ0) is 15.7. The molecule has 0 fully saturated rings. The molecule has 0 heterocycles. The van der Waals surface area contributed by atoms with Crippen molar-refractivity contribution in [1.82, 2.24) is 0 Å². The van der Waals surface area contributed by atoms with Gasteiger partial charge in [-0.05, 0) is 18.6 Å². The summed E-state index contributed by atoms with van der Waals surface area (Å²) >= 11 is 0. The Morgan fingerprint density at radius 1 is 1.38 bits per heavy atom. The summed E-state index contributed by atoms with van der Waals surface area (Å²) in [5.74, 6) is 0.181. The van der Waals surface area contributed by atoms with Gasteiger partial charge < -0.3 is 14.8 Å². The summed E-state index contributed by atoms with van der Waals surface area (Å²) in [4.78, 5) is 10.6. The van der Waals surface area contributed by atoms with Gasteiger partial charge in [0.15, 0.2) is 5.75 Å². The number of nitro benzene ring substituents is 1. The number of hydrogen-bond donors (Lipinski definition) is 1. The molecule has 0 bridgehead atoms. The number of anilines is 1. The first-order valence-corrected chi connectivity index (χ1v) is 6.56. The summed E-state index contributed by atoms with van der Waals surface area (Å²) in [6, 6.07) is 4.68. The fraction of sp³-hybridized carbons (Fsp3) is 0.538. The lowest BCUT2D eigenvalue weighted by atomic mass is 10.2. The maximum atomic E-state index is 11.9. The molecular formula is C13H18F2N2O4. The number of ether oxygens (including phenoxy) is 2. The van der Waals surface area contributed by atoms with Crippen LogP contribution in [0.15, 0.2) is 18.2 Å². The van der Waals surface area contributed by atoms with Gasteiger partial charge in [-0.1, -0.05) is 13.0 Å². The molecule has 1 rings (SSSR count). The molecule has 1 aromatic carbocycles. The van der Waals surface area contributed by atoms with Crippen LogP contribution in [0.2, 0.25) is 0 Å². The molecule has 1 aromatic rings. The molecule has 0 unspecified atom stereocenters. The van der Waals surface area contributed by atoms with Crippen LogP contribution < -0.4 is 10.1 Å². The molecule has 0 radical (unpaired) electrons. The summed E-state index contributed by atoms with van der Waals surface area (Å²) in [6.07, 6.45) is -1.79. The Morgan fingerprint density at radius 3 is 2.76 bits per heavy atom. The van der Waals surface area contributed by atoms with Gasteiger partial charge in [-0.25, -0.2) is 8.78 Å². The minimum atomic E-state index is -2.52. The normalized spacial score (nSPS) is 10.7. The van der Waals surface area contributed by atoms with Gasteiger partial charge in [-0.15, -0.1) is 0 Å². The summed E-state index contributed by atoms with van der Waals surface area (Å²) in [7, 11) is 0. The van der Waals surface area contributed by atoms with E-state index in [0.717, 1.165) is 6.42 Å². The quantitative estimate of drug-likeness (QED) is 0.408. The molecule has 0 atom stereocenters. The lowest BCUT2D eigenvalue weighted by Crippen LogP contribution is -2.14. The predicted molar refractivity (Wildman–Crippen MR) is 74.2 cm³/mol.